The lowest BCUT2D eigenvalue weighted by Gasteiger charge is -2.33. The fourth-order valence-electron chi connectivity index (χ4n) is 3.59. The summed E-state index contributed by atoms with van der Waals surface area (Å²) in [7, 11) is 0. The molecule has 0 spiro atoms. The van der Waals surface area contributed by atoms with E-state index < -0.39 is 12.1 Å². The first-order valence-corrected chi connectivity index (χ1v) is 9.86. The highest BCUT2D eigenvalue weighted by molar-refractivity contribution is 5.53. The lowest BCUT2D eigenvalue weighted by Crippen LogP contribution is -2.39. The summed E-state index contributed by atoms with van der Waals surface area (Å²) in [6.45, 7) is 2.11. The number of halogens is 3. The Morgan fingerprint density at radius 1 is 1.19 bits per heavy atom. The van der Waals surface area contributed by atoms with E-state index in [-0.39, 0.29) is 43.3 Å². The van der Waals surface area contributed by atoms with Gasteiger partial charge in [-0.3, -0.25) is 0 Å². The number of aromatic nitrogens is 4. The molecule has 0 unspecified atom stereocenters. The van der Waals surface area contributed by atoms with E-state index in [1.54, 1.807) is 30.0 Å². The van der Waals surface area contributed by atoms with E-state index in [1.165, 1.54) is 23.1 Å². The van der Waals surface area contributed by atoms with Gasteiger partial charge >= 0.3 is 6.18 Å². The Labute approximate surface area is 181 Å². The summed E-state index contributed by atoms with van der Waals surface area (Å²) >= 11 is 0. The Morgan fingerprint density at radius 3 is 2.56 bits per heavy atom. The first-order valence-electron chi connectivity index (χ1n) is 9.86. The van der Waals surface area contributed by atoms with Gasteiger partial charge in [-0.1, -0.05) is 0 Å². The van der Waals surface area contributed by atoms with Gasteiger partial charge in [-0.15, -0.1) is 0 Å². The number of hydrogen-bond acceptors (Lipinski definition) is 7. The monoisotopic (exact) mass is 444 g/mol. The number of hydrogen-bond donors (Lipinski definition) is 1. The molecule has 2 aromatic heterocycles. The maximum absolute atomic E-state index is 13.0. The van der Waals surface area contributed by atoms with Crippen LogP contribution in [0.1, 0.15) is 24.2 Å². The summed E-state index contributed by atoms with van der Waals surface area (Å²) in [4.78, 5) is 10.4. The van der Waals surface area contributed by atoms with Gasteiger partial charge in [0, 0.05) is 25.2 Å². The summed E-state index contributed by atoms with van der Waals surface area (Å²) in [5.74, 6) is -0.0277. The standard InChI is InChI=1S/C21H19F3N6O2/c1-13-27-19(29-6-4-15(5-7-29)21(22,23)24)9-20(28-13)32-18-8-14(10-25)2-3-17(18)30-12-16(31)11-26-30/h2-3,8-9,11-12,15,31H,4-7H2,1H3. The van der Waals surface area contributed by atoms with E-state index in [2.05, 4.69) is 15.1 Å². The lowest BCUT2D eigenvalue weighted by atomic mass is 9.96. The van der Waals surface area contributed by atoms with Crippen molar-refractivity contribution in [3.8, 4) is 29.1 Å². The van der Waals surface area contributed by atoms with Crippen LogP contribution in [0, 0.1) is 24.2 Å². The highest BCUT2D eigenvalue weighted by Gasteiger charge is 2.41. The van der Waals surface area contributed by atoms with Crippen LogP contribution >= 0.6 is 0 Å². The topological polar surface area (TPSA) is 100 Å². The highest BCUT2D eigenvalue weighted by Crippen LogP contribution is 2.36. The molecule has 1 aliphatic heterocycles. The Morgan fingerprint density at radius 2 is 1.94 bits per heavy atom. The van der Waals surface area contributed by atoms with Crippen LogP contribution in [0.15, 0.2) is 36.7 Å². The Bertz CT molecular complexity index is 1160. The van der Waals surface area contributed by atoms with Crippen LogP contribution in [0.5, 0.6) is 17.4 Å². The number of alkyl halides is 3. The lowest BCUT2D eigenvalue weighted by molar-refractivity contribution is -0.179. The molecule has 0 aliphatic carbocycles. The third-order valence-electron chi connectivity index (χ3n) is 5.20. The number of aromatic hydroxyl groups is 1. The number of nitriles is 1. The van der Waals surface area contributed by atoms with Gasteiger partial charge in [0.1, 0.15) is 17.3 Å². The molecular formula is C21H19F3N6O2. The van der Waals surface area contributed by atoms with Crippen molar-refractivity contribution in [3.63, 3.8) is 0 Å². The molecule has 8 nitrogen and oxygen atoms in total. The van der Waals surface area contributed by atoms with Crippen molar-refractivity contribution in [1.82, 2.24) is 19.7 Å². The first kappa shape index (κ1) is 21.4. The molecule has 1 aromatic carbocycles. The van der Waals surface area contributed by atoms with Crippen molar-refractivity contribution < 1.29 is 23.0 Å². The predicted molar refractivity (Wildman–Crippen MR) is 108 cm³/mol. The number of nitrogens with zero attached hydrogens (tertiary/aromatic N) is 6. The molecule has 32 heavy (non-hydrogen) atoms. The minimum atomic E-state index is -4.19. The Kier molecular flexibility index (Phi) is 5.61. The quantitative estimate of drug-likeness (QED) is 0.646. The van der Waals surface area contributed by atoms with Crippen LogP contribution in [-0.4, -0.2) is 44.1 Å². The zero-order chi connectivity index (χ0) is 22.9. The summed E-state index contributed by atoms with van der Waals surface area (Å²) < 4.78 is 46.3. The SMILES string of the molecule is Cc1nc(Oc2cc(C#N)ccc2-n2cc(O)cn2)cc(N2CCC(C(F)(F)F)CC2)n1. The summed E-state index contributed by atoms with van der Waals surface area (Å²) in [5.41, 5.74) is 0.813. The van der Waals surface area contributed by atoms with Gasteiger partial charge in [-0.05, 0) is 31.9 Å². The van der Waals surface area contributed by atoms with Crippen molar-refractivity contribution in [2.24, 2.45) is 5.92 Å². The van der Waals surface area contributed by atoms with Crippen LogP contribution in [0.4, 0.5) is 19.0 Å². The Balaban J connectivity index is 1.61. The molecule has 3 aromatic rings. The molecule has 0 saturated carbocycles. The number of rotatable bonds is 4. The number of benzene rings is 1. The van der Waals surface area contributed by atoms with Crippen LogP contribution in [0.3, 0.4) is 0 Å². The van der Waals surface area contributed by atoms with E-state index in [0.29, 0.717) is 22.9 Å². The van der Waals surface area contributed by atoms with Crippen molar-refractivity contribution in [2.45, 2.75) is 25.9 Å². The molecule has 11 heteroatoms. The smallest absolute Gasteiger partial charge is 0.391 e. The van der Waals surface area contributed by atoms with Gasteiger partial charge in [0.15, 0.2) is 11.5 Å². The van der Waals surface area contributed by atoms with Crippen molar-refractivity contribution in [3.05, 3.63) is 48.0 Å². The normalized spacial score (nSPS) is 14.9. The molecule has 0 radical (unpaired) electrons. The fraction of sp³-hybridized carbons (Fsp3) is 0.333. The third kappa shape index (κ3) is 4.59. The number of anilines is 1. The zero-order valence-electron chi connectivity index (χ0n) is 17.0. The summed E-state index contributed by atoms with van der Waals surface area (Å²) in [6, 6.07) is 8.32. The van der Waals surface area contributed by atoms with E-state index >= 15 is 0 Å². The van der Waals surface area contributed by atoms with Gasteiger partial charge < -0.3 is 14.7 Å². The second-order valence-corrected chi connectivity index (χ2v) is 7.45. The molecule has 1 fully saturated rings. The van der Waals surface area contributed by atoms with Crippen LogP contribution in [0.2, 0.25) is 0 Å². The maximum Gasteiger partial charge on any atom is 0.391 e. The molecule has 166 valence electrons. The zero-order valence-corrected chi connectivity index (χ0v) is 17.0. The Hall–Kier alpha value is -3.81. The van der Waals surface area contributed by atoms with E-state index in [4.69, 9.17) is 4.74 Å². The van der Waals surface area contributed by atoms with Crippen LogP contribution in [0.25, 0.3) is 5.69 Å². The number of piperidine rings is 1. The molecule has 4 rings (SSSR count). The molecule has 1 aliphatic rings. The fourth-order valence-corrected chi connectivity index (χ4v) is 3.59. The van der Waals surface area contributed by atoms with Gasteiger partial charge in [0.25, 0.3) is 0 Å². The molecule has 0 atom stereocenters. The highest BCUT2D eigenvalue weighted by atomic mass is 19.4. The van der Waals surface area contributed by atoms with Crippen molar-refractivity contribution >= 4 is 5.82 Å². The largest absolute Gasteiger partial charge is 0.505 e. The predicted octanol–water partition coefficient (Wildman–Crippen LogP) is 4.12. The average molecular weight is 444 g/mol. The minimum absolute atomic E-state index is 0.000103. The number of ether oxygens (including phenoxy) is 1. The summed E-state index contributed by atoms with van der Waals surface area (Å²) in [5, 5.41) is 22.9. The van der Waals surface area contributed by atoms with E-state index in [9.17, 15) is 23.5 Å². The molecule has 0 bridgehead atoms. The molecule has 3 heterocycles. The summed E-state index contributed by atoms with van der Waals surface area (Å²) in [6.07, 6.45) is -1.54. The van der Waals surface area contributed by atoms with E-state index in [1.807, 2.05) is 6.07 Å². The maximum atomic E-state index is 13.0. The van der Waals surface area contributed by atoms with Gasteiger partial charge in [0.2, 0.25) is 5.88 Å². The van der Waals surface area contributed by atoms with Crippen molar-refractivity contribution in [2.75, 3.05) is 18.0 Å². The van der Waals surface area contributed by atoms with E-state index in [0.717, 1.165) is 0 Å². The minimum Gasteiger partial charge on any atom is -0.505 e. The molecular weight excluding hydrogens is 425 g/mol. The van der Waals surface area contributed by atoms with Gasteiger partial charge in [-0.2, -0.15) is 28.5 Å². The second kappa shape index (κ2) is 8.37. The average Bonchev–Trinajstić information content (AvgIpc) is 3.18. The molecule has 0 amide bonds. The molecule has 1 saturated heterocycles. The number of aryl methyl sites for hydroxylation is 1. The van der Waals surface area contributed by atoms with Crippen LogP contribution < -0.4 is 9.64 Å². The van der Waals surface area contributed by atoms with Crippen LogP contribution in [-0.2, 0) is 0 Å². The third-order valence-corrected chi connectivity index (χ3v) is 5.20. The molecule has 1 N–H and O–H groups in total. The van der Waals surface area contributed by atoms with Crippen molar-refractivity contribution in [1.29, 1.82) is 5.26 Å². The second-order valence-electron chi connectivity index (χ2n) is 7.45. The van der Waals surface area contributed by atoms with Gasteiger partial charge in [0.05, 0.1) is 29.9 Å². The van der Waals surface area contributed by atoms with Gasteiger partial charge in [-0.25, -0.2) is 9.67 Å². The first-order chi connectivity index (χ1) is 15.2.